The first kappa shape index (κ1) is 15.9. The molecule has 1 aromatic heterocycles. The second-order valence-corrected chi connectivity index (χ2v) is 9.90. The van der Waals surface area contributed by atoms with Crippen molar-refractivity contribution in [3.05, 3.63) is 20.8 Å². The van der Waals surface area contributed by atoms with Gasteiger partial charge in [0.1, 0.15) is 0 Å². The smallest absolute Gasteiger partial charge is 0.220 e. The summed E-state index contributed by atoms with van der Waals surface area (Å²) in [6.45, 7) is 0.802. The maximum absolute atomic E-state index is 12.0. The average molecular weight is 388 g/mol. The van der Waals surface area contributed by atoms with Crippen molar-refractivity contribution in [3.63, 3.8) is 0 Å². The van der Waals surface area contributed by atoms with Gasteiger partial charge in [-0.2, -0.15) is 11.8 Å². The van der Waals surface area contributed by atoms with Crippen LogP contribution in [0, 0.1) is 17.8 Å². The maximum atomic E-state index is 12.0. The van der Waals surface area contributed by atoms with Gasteiger partial charge in [-0.15, -0.1) is 11.3 Å². The highest BCUT2D eigenvalue weighted by molar-refractivity contribution is 9.11. The molecule has 2 aliphatic carbocycles. The zero-order chi connectivity index (χ0) is 14.7. The molecule has 5 heteroatoms. The monoisotopic (exact) mass is 387 g/mol. The van der Waals surface area contributed by atoms with Crippen LogP contribution in [0.1, 0.15) is 37.0 Å². The van der Waals surface area contributed by atoms with E-state index in [1.165, 1.54) is 34.3 Å². The molecule has 1 N–H and O–H groups in total. The van der Waals surface area contributed by atoms with Crippen molar-refractivity contribution in [1.29, 1.82) is 0 Å². The van der Waals surface area contributed by atoms with Crippen LogP contribution in [-0.2, 0) is 10.5 Å². The van der Waals surface area contributed by atoms with Gasteiger partial charge in [-0.3, -0.25) is 4.79 Å². The molecule has 0 radical (unpaired) electrons. The number of carbonyl (C=O) groups excluding carboxylic acids is 1. The minimum Gasteiger partial charge on any atom is -0.355 e. The van der Waals surface area contributed by atoms with Crippen LogP contribution in [0.2, 0.25) is 0 Å². The van der Waals surface area contributed by atoms with E-state index in [1.807, 2.05) is 11.8 Å². The minimum absolute atomic E-state index is 0.270. The van der Waals surface area contributed by atoms with E-state index in [1.54, 1.807) is 11.3 Å². The lowest BCUT2D eigenvalue weighted by Crippen LogP contribution is -2.29. The lowest BCUT2D eigenvalue weighted by molar-refractivity contribution is -0.122. The number of hydrogen-bond donors (Lipinski definition) is 1. The first-order valence-corrected chi connectivity index (χ1v) is 10.6. The van der Waals surface area contributed by atoms with Crippen LogP contribution in [0.3, 0.4) is 0 Å². The third-order valence-electron chi connectivity index (χ3n) is 4.77. The normalized spacial score (nSPS) is 27.2. The Balaban J connectivity index is 1.26. The van der Waals surface area contributed by atoms with Gasteiger partial charge < -0.3 is 5.32 Å². The number of nitrogens with one attached hydrogen (secondary N) is 1. The van der Waals surface area contributed by atoms with Gasteiger partial charge in [0.2, 0.25) is 5.91 Å². The largest absolute Gasteiger partial charge is 0.355 e. The van der Waals surface area contributed by atoms with E-state index in [0.29, 0.717) is 5.92 Å². The summed E-state index contributed by atoms with van der Waals surface area (Å²) in [7, 11) is 0. The molecule has 0 unspecified atom stereocenters. The molecule has 2 nitrogen and oxygen atoms in total. The number of fused-ring (bicyclic) bond motifs is 2. The molecular weight excluding hydrogens is 366 g/mol. The van der Waals surface area contributed by atoms with Gasteiger partial charge in [0.25, 0.3) is 0 Å². The molecule has 0 spiro atoms. The highest BCUT2D eigenvalue weighted by Gasteiger charge is 2.39. The van der Waals surface area contributed by atoms with Crippen molar-refractivity contribution < 1.29 is 4.79 Å². The van der Waals surface area contributed by atoms with E-state index in [4.69, 9.17) is 0 Å². The van der Waals surface area contributed by atoms with Crippen LogP contribution in [0.5, 0.6) is 0 Å². The Morgan fingerprint density at radius 1 is 1.38 bits per heavy atom. The fourth-order valence-corrected chi connectivity index (χ4v) is 6.25. The van der Waals surface area contributed by atoms with Crippen molar-refractivity contribution in [1.82, 2.24) is 5.32 Å². The highest BCUT2D eigenvalue weighted by Crippen LogP contribution is 2.49. The molecule has 2 bridgehead atoms. The fourth-order valence-electron chi connectivity index (χ4n) is 3.80. The van der Waals surface area contributed by atoms with Crippen LogP contribution < -0.4 is 5.32 Å². The Kier molecular flexibility index (Phi) is 5.68. The molecule has 0 aromatic carbocycles. The zero-order valence-electron chi connectivity index (χ0n) is 12.1. The summed E-state index contributed by atoms with van der Waals surface area (Å²) in [5.41, 5.74) is 0. The minimum atomic E-state index is 0.270. The summed E-state index contributed by atoms with van der Waals surface area (Å²) in [6, 6.07) is 4.26. The lowest BCUT2D eigenvalue weighted by atomic mass is 9.86. The molecule has 116 valence electrons. The van der Waals surface area contributed by atoms with Crippen LogP contribution in [-0.4, -0.2) is 18.2 Å². The second-order valence-electron chi connectivity index (χ2n) is 6.25. The average Bonchev–Trinajstić information content (AvgIpc) is 3.15. The summed E-state index contributed by atoms with van der Waals surface area (Å²) in [5.74, 6) is 4.78. The Labute approximate surface area is 143 Å². The van der Waals surface area contributed by atoms with Crippen LogP contribution in [0.4, 0.5) is 0 Å². The van der Waals surface area contributed by atoms with Crippen molar-refractivity contribution in [2.75, 3.05) is 12.3 Å². The molecule has 1 aromatic rings. The number of hydrogen-bond acceptors (Lipinski definition) is 3. The third-order valence-corrected chi connectivity index (χ3v) is 7.59. The molecule has 3 atom stereocenters. The number of rotatable bonds is 7. The Morgan fingerprint density at radius 3 is 2.95 bits per heavy atom. The van der Waals surface area contributed by atoms with E-state index in [0.717, 1.165) is 36.3 Å². The van der Waals surface area contributed by atoms with Gasteiger partial charge in [0.15, 0.2) is 0 Å². The molecule has 21 heavy (non-hydrogen) atoms. The van der Waals surface area contributed by atoms with Gasteiger partial charge in [-0.05, 0) is 65.1 Å². The molecule has 1 amide bonds. The number of thioether (sulfide) groups is 1. The van der Waals surface area contributed by atoms with Crippen molar-refractivity contribution >= 4 is 44.9 Å². The van der Waals surface area contributed by atoms with Crippen LogP contribution >= 0.6 is 39.0 Å². The molecule has 3 rings (SSSR count). The Bertz CT molecular complexity index is 490. The topological polar surface area (TPSA) is 29.1 Å². The first-order valence-electron chi connectivity index (χ1n) is 7.79. The molecule has 0 saturated heterocycles. The quantitative estimate of drug-likeness (QED) is 0.687. The molecular formula is C16H22BrNOS2. The fraction of sp³-hybridized carbons (Fsp3) is 0.688. The van der Waals surface area contributed by atoms with Crippen molar-refractivity contribution in [2.45, 2.75) is 37.9 Å². The lowest BCUT2D eigenvalue weighted by Gasteiger charge is -2.20. The number of thiophene rings is 1. The third kappa shape index (κ3) is 4.49. The summed E-state index contributed by atoms with van der Waals surface area (Å²) in [4.78, 5) is 13.4. The van der Waals surface area contributed by atoms with Crippen molar-refractivity contribution in [3.8, 4) is 0 Å². The predicted molar refractivity (Wildman–Crippen MR) is 94.7 cm³/mol. The second kappa shape index (κ2) is 7.51. The van der Waals surface area contributed by atoms with Gasteiger partial charge in [-0.25, -0.2) is 0 Å². The number of amides is 1. The predicted octanol–water partition coefficient (Wildman–Crippen LogP) is 4.69. The maximum Gasteiger partial charge on any atom is 0.220 e. The zero-order valence-corrected chi connectivity index (χ0v) is 15.4. The van der Waals surface area contributed by atoms with E-state index < -0.39 is 0 Å². The van der Waals surface area contributed by atoms with E-state index in [-0.39, 0.29) is 5.91 Å². The van der Waals surface area contributed by atoms with Crippen molar-refractivity contribution in [2.24, 2.45) is 17.8 Å². The SMILES string of the molecule is O=C(C[C@H]1C[C@@H]2CC[C@@H]1C2)NCCSCc1ccc(Br)s1. The summed E-state index contributed by atoms with van der Waals surface area (Å²) >= 11 is 7.16. The van der Waals surface area contributed by atoms with Gasteiger partial charge in [-0.1, -0.05) is 6.42 Å². The highest BCUT2D eigenvalue weighted by atomic mass is 79.9. The summed E-state index contributed by atoms with van der Waals surface area (Å²) in [6.07, 6.45) is 6.25. The van der Waals surface area contributed by atoms with Gasteiger partial charge >= 0.3 is 0 Å². The summed E-state index contributed by atoms with van der Waals surface area (Å²) in [5, 5.41) is 3.09. The number of halogens is 1. The van der Waals surface area contributed by atoms with Gasteiger partial charge in [0.05, 0.1) is 3.79 Å². The van der Waals surface area contributed by atoms with Gasteiger partial charge in [0, 0.05) is 29.3 Å². The standard InChI is InChI=1S/C16H22BrNOS2/c17-15-4-3-14(21-15)10-20-6-5-18-16(19)9-13-8-11-1-2-12(13)7-11/h3-4,11-13H,1-2,5-10H2,(H,18,19)/t11-,12-,13-/m1/s1. The molecule has 2 fully saturated rings. The summed E-state index contributed by atoms with van der Waals surface area (Å²) < 4.78 is 1.19. The molecule has 0 aliphatic heterocycles. The number of carbonyl (C=O) groups is 1. The van der Waals surface area contributed by atoms with Crippen LogP contribution in [0.25, 0.3) is 0 Å². The Hall–Kier alpha value is -0.0000000000000000833. The van der Waals surface area contributed by atoms with E-state index >= 15 is 0 Å². The Morgan fingerprint density at radius 2 is 2.29 bits per heavy atom. The first-order chi connectivity index (χ1) is 10.2. The molecule has 2 saturated carbocycles. The van der Waals surface area contributed by atoms with E-state index in [9.17, 15) is 4.79 Å². The van der Waals surface area contributed by atoms with E-state index in [2.05, 4.69) is 33.4 Å². The van der Waals surface area contributed by atoms with Crippen LogP contribution in [0.15, 0.2) is 15.9 Å². The molecule has 2 aliphatic rings. The molecule has 1 heterocycles.